The molecule has 0 aliphatic rings. The highest BCUT2D eigenvalue weighted by atomic mass is 16.5. The first-order chi connectivity index (χ1) is 18.5. The Hall–Kier alpha value is -4.77. The number of nitriles is 1. The van der Waals surface area contributed by atoms with E-state index in [2.05, 4.69) is 10.6 Å². The number of hydrogen-bond donors (Lipinski definition) is 2. The van der Waals surface area contributed by atoms with Crippen LogP contribution in [0, 0.1) is 11.3 Å². The zero-order valence-electron chi connectivity index (χ0n) is 21.5. The van der Waals surface area contributed by atoms with Crippen LogP contribution in [0.2, 0.25) is 0 Å². The Morgan fingerprint density at radius 3 is 2.21 bits per heavy atom. The molecule has 3 rings (SSSR count). The van der Waals surface area contributed by atoms with E-state index < -0.39 is 5.91 Å². The van der Waals surface area contributed by atoms with Crippen LogP contribution in [0.5, 0.6) is 17.2 Å². The number of methoxy groups -OCH3 is 2. The summed E-state index contributed by atoms with van der Waals surface area (Å²) in [6.07, 6.45) is 2.82. The van der Waals surface area contributed by atoms with E-state index in [1.54, 1.807) is 38.5 Å². The zero-order chi connectivity index (χ0) is 27.2. The zero-order valence-corrected chi connectivity index (χ0v) is 21.5. The van der Waals surface area contributed by atoms with Crippen LogP contribution in [-0.2, 0) is 22.4 Å². The number of nitrogens with one attached hydrogen (secondary N) is 2. The van der Waals surface area contributed by atoms with Crippen molar-refractivity contribution in [3.05, 3.63) is 95.1 Å². The summed E-state index contributed by atoms with van der Waals surface area (Å²) in [5, 5.41) is 15.1. The first-order valence-corrected chi connectivity index (χ1v) is 12.2. The minimum absolute atomic E-state index is 0.0104. The Kier molecular flexibility index (Phi) is 10.8. The van der Waals surface area contributed by atoms with E-state index >= 15 is 0 Å². The predicted octanol–water partition coefficient (Wildman–Crippen LogP) is 3.71. The van der Waals surface area contributed by atoms with Gasteiger partial charge >= 0.3 is 0 Å². The Balaban J connectivity index is 1.44. The highest BCUT2D eigenvalue weighted by molar-refractivity contribution is 6.01. The van der Waals surface area contributed by atoms with Gasteiger partial charge in [-0.1, -0.05) is 48.5 Å². The van der Waals surface area contributed by atoms with E-state index in [1.165, 1.54) is 6.08 Å². The molecule has 0 saturated carbocycles. The summed E-state index contributed by atoms with van der Waals surface area (Å²) in [6.45, 7) is 0.784. The molecule has 8 heteroatoms. The molecule has 3 aromatic carbocycles. The lowest BCUT2D eigenvalue weighted by Gasteiger charge is -2.10. The molecule has 0 unspecified atom stereocenters. The molecule has 0 heterocycles. The number of benzene rings is 3. The van der Waals surface area contributed by atoms with E-state index in [9.17, 15) is 14.9 Å². The lowest BCUT2D eigenvalue weighted by atomic mass is 10.1. The third-order valence-corrected chi connectivity index (χ3v) is 5.65. The van der Waals surface area contributed by atoms with Gasteiger partial charge in [-0.2, -0.15) is 5.26 Å². The van der Waals surface area contributed by atoms with Gasteiger partial charge in [0.15, 0.2) is 18.1 Å². The second-order valence-electron chi connectivity index (χ2n) is 8.31. The van der Waals surface area contributed by atoms with Gasteiger partial charge in [0.05, 0.1) is 14.2 Å². The smallest absolute Gasteiger partial charge is 0.261 e. The van der Waals surface area contributed by atoms with E-state index in [0.29, 0.717) is 42.3 Å². The minimum Gasteiger partial charge on any atom is -0.493 e. The van der Waals surface area contributed by atoms with E-state index in [1.807, 2.05) is 54.6 Å². The van der Waals surface area contributed by atoms with Crippen molar-refractivity contribution in [2.75, 3.05) is 33.9 Å². The summed E-state index contributed by atoms with van der Waals surface area (Å²) < 4.78 is 16.1. The van der Waals surface area contributed by atoms with Crippen molar-refractivity contribution in [1.82, 2.24) is 10.6 Å². The van der Waals surface area contributed by atoms with Crippen molar-refractivity contribution in [2.45, 2.75) is 12.8 Å². The van der Waals surface area contributed by atoms with E-state index in [0.717, 1.165) is 17.5 Å². The van der Waals surface area contributed by atoms with Gasteiger partial charge in [-0.25, -0.2) is 0 Å². The fourth-order valence-corrected chi connectivity index (χ4v) is 3.62. The molecule has 0 aliphatic heterocycles. The first-order valence-electron chi connectivity index (χ1n) is 12.2. The Bertz CT molecular complexity index is 1280. The molecule has 2 amide bonds. The van der Waals surface area contributed by atoms with Gasteiger partial charge in [0, 0.05) is 13.1 Å². The molecular weight excluding hydrogens is 482 g/mol. The average Bonchev–Trinajstić information content (AvgIpc) is 2.95. The molecule has 0 atom stereocenters. The predicted molar refractivity (Wildman–Crippen MR) is 145 cm³/mol. The van der Waals surface area contributed by atoms with Crippen LogP contribution in [-0.4, -0.2) is 45.7 Å². The average molecular weight is 514 g/mol. The highest BCUT2D eigenvalue weighted by Crippen LogP contribution is 2.27. The summed E-state index contributed by atoms with van der Waals surface area (Å²) in [5.74, 6) is 1.10. The maximum atomic E-state index is 12.5. The van der Waals surface area contributed by atoms with Crippen molar-refractivity contribution < 1.29 is 23.8 Å². The third-order valence-electron chi connectivity index (χ3n) is 5.65. The van der Waals surface area contributed by atoms with Gasteiger partial charge < -0.3 is 24.8 Å². The topological polar surface area (TPSA) is 110 Å². The van der Waals surface area contributed by atoms with Crippen molar-refractivity contribution in [3.63, 3.8) is 0 Å². The number of carbonyl (C=O) groups excluding carboxylic acids is 2. The molecule has 0 spiro atoms. The normalized spacial score (nSPS) is 10.7. The van der Waals surface area contributed by atoms with E-state index in [-0.39, 0.29) is 18.1 Å². The monoisotopic (exact) mass is 513 g/mol. The molecule has 0 fully saturated rings. The van der Waals surface area contributed by atoms with Crippen LogP contribution in [0.4, 0.5) is 0 Å². The molecule has 0 aliphatic carbocycles. The lowest BCUT2D eigenvalue weighted by molar-refractivity contribution is -0.123. The SMILES string of the molecule is COc1ccc(CCNC(=O)C(C#N)=Cc2ccc(OCC(=O)NCCc3ccccc3)cc2)cc1OC. The summed E-state index contributed by atoms with van der Waals surface area (Å²) in [4.78, 5) is 24.5. The Morgan fingerprint density at radius 2 is 1.53 bits per heavy atom. The molecule has 0 aromatic heterocycles. The molecule has 0 saturated heterocycles. The molecule has 38 heavy (non-hydrogen) atoms. The Labute approximate surface area is 222 Å². The molecule has 0 radical (unpaired) electrons. The van der Waals surface area contributed by atoms with Crippen LogP contribution < -0.4 is 24.8 Å². The standard InChI is InChI=1S/C30H31N3O5/c1-36-27-13-10-24(19-28(27)37-2)15-17-33-30(35)25(20-31)18-23-8-11-26(12-9-23)38-21-29(34)32-16-14-22-6-4-3-5-7-22/h3-13,18-19H,14-17,21H2,1-2H3,(H,32,34)(H,33,35). The second kappa shape index (κ2) is 14.7. The number of rotatable bonds is 13. The van der Waals surface area contributed by atoms with Gasteiger partial charge in [-0.15, -0.1) is 0 Å². The van der Waals surface area contributed by atoms with Crippen LogP contribution in [0.25, 0.3) is 6.08 Å². The van der Waals surface area contributed by atoms with Crippen LogP contribution in [0.1, 0.15) is 16.7 Å². The first kappa shape index (κ1) is 27.8. The van der Waals surface area contributed by atoms with Gasteiger partial charge in [0.2, 0.25) is 0 Å². The number of carbonyl (C=O) groups is 2. The second-order valence-corrected chi connectivity index (χ2v) is 8.31. The van der Waals surface area contributed by atoms with Gasteiger partial charge in [-0.05, 0) is 59.9 Å². The maximum Gasteiger partial charge on any atom is 0.261 e. The molecule has 2 N–H and O–H groups in total. The van der Waals surface area contributed by atoms with Gasteiger partial charge in [0.1, 0.15) is 17.4 Å². The summed E-state index contributed by atoms with van der Waals surface area (Å²) in [6, 6.07) is 24.2. The molecular formula is C30H31N3O5. The van der Waals surface area contributed by atoms with Gasteiger partial charge in [-0.3, -0.25) is 9.59 Å². The Morgan fingerprint density at radius 1 is 0.842 bits per heavy atom. The summed E-state index contributed by atoms with van der Waals surface area (Å²) in [7, 11) is 3.14. The fraction of sp³-hybridized carbons (Fsp3) is 0.233. The van der Waals surface area contributed by atoms with E-state index in [4.69, 9.17) is 14.2 Å². The minimum atomic E-state index is -0.458. The number of hydrogen-bond acceptors (Lipinski definition) is 6. The van der Waals surface area contributed by atoms with Crippen molar-refractivity contribution >= 4 is 17.9 Å². The highest BCUT2D eigenvalue weighted by Gasteiger charge is 2.10. The number of amides is 2. The summed E-state index contributed by atoms with van der Waals surface area (Å²) in [5.41, 5.74) is 2.77. The van der Waals surface area contributed by atoms with Gasteiger partial charge in [0.25, 0.3) is 11.8 Å². The van der Waals surface area contributed by atoms with Crippen molar-refractivity contribution in [2.24, 2.45) is 0 Å². The summed E-state index contributed by atoms with van der Waals surface area (Å²) >= 11 is 0. The largest absolute Gasteiger partial charge is 0.493 e. The fourth-order valence-electron chi connectivity index (χ4n) is 3.62. The quantitative estimate of drug-likeness (QED) is 0.266. The van der Waals surface area contributed by atoms with Crippen LogP contribution in [0.3, 0.4) is 0 Å². The van der Waals surface area contributed by atoms with Crippen LogP contribution >= 0.6 is 0 Å². The molecule has 0 bridgehead atoms. The molecule has 8 nitrogen and oxygen atoms in total. The van der Waals surface area contributed by atoms with Crippen molar-refractivity contribution in [3.8, 4) is 23.3 Å². The number of nitrogens with zero attached hydrogens (tertiary/aromatic N) is 1. The lowest BCUT2D eigenvalue weighted by Crippen LogP contribution is -2.30. The van der Waals surface area contributed by atoms with Crippen molar-refractivity contribution in [1.29, 1.82) is 5.26 Å². The third kappa shape index (κ3) is 8.71. The van der Waals surface area contributed by atoms with Crippen LogP contribution in [0.15, 0.2) is 78.4 Å². The maximum absolute atomic E-state index is 12.5. The number of ether oxygens (including phenoxy) is 3. The molecule has 196 valence electrons. The molecule has 3 aromatic rings.